The fourth-order valence-corrected chi connectivity index (χ4v) is 0.120. The molecule has 0 aliphatic rings. The molecule has 9 heavy (non-hydrogen) atoms. The summed E-state index contributed by atoms with van der Waals surface area (Å²) < 4.78 is 3.87. The fourth-order valence-electron chi connectivity index (χ4n) is 0.120. The summed E-state index contributed by atoms with van der Waals surface area (Å²) in [5.41, 5.74) is 1.25. The van der Waals surface area contributed by atoms with Crippen LogP contribution in [-0.4, -0.2) is 18.2 Å². The van der Waals surface area contributed by atoms with Crippen molar-refractivity contribution in [1.29, 1.82) is 0 Å². The van der Waals surface area contributed by atoms with E-state index < -0.39 is 11.1 Å². The second-order valence-corrected chi connectivity index (χ2v) is 0.860. The third-order valence-corrected chi connectivity index (χ3v) is 0.368. The standard InChI is InChI=1S/C2H4N2O4.K.H/c1-8-2(5)3-4(6)7;;/h1H3,(H,3,5);;/q;+1;-1. The average Bonchev–Trinajstić information content (AvgIpc) is 1.65. The topological polar surface area (TPSA) is 81.5 Å². The molecular formula is C2H5KN2O4. The smallest absolute Gasteiger partial charge is 1.00 e. The van der Waals surface area contributed by atoms with Crippen molar-refractivity contribution in [3.05, 3.63) is 10.1 Å². The van der Waals surface area contributed by atoms with Crippen molar-refractivity contribution in [3.63, 3.8) is 0 Å². The Bertz CT molecular complexity index is 120. The molecule has 0 atom stereocenters. The molecule has 0 aliphatic carbocycles. The average molecular weight is 160 g/mol. The Hall–Kier alpha value is 0.306. The Morgan fingerprint density at radius 2 is 2.33 bits per heavy atom. The van der Waals surface area contributed by atoms with Crippen molar-refractivity contribution < 1.29 is 67.4 Å². The predicted molar refractivity (Wildman–Crippen MR) is 23.6 cm³/mol. The quantitative estimate of drug-likeness (QED) is 0.247. The van der Waals surface area contributed by atoms with Gasteiger partial charge in [0, 0.05) is 0 Å². The minimum atomic E-state index is -1.07. The summed E-state index contributed by atoms with van der Waals surface area (Å²) in [5, 5.41) is 8.37. The number of nitro groups is 1. The Labute approximate surface area is 95.0 Å². The van der Waals surface area contributed by atoms with Crippen LogP contribution in [-0.2, 0) is 4.74 Å². The molecule has 6 nitrogen and oxygen atoms in total. The number of ether oxygens (including phenoxy) is 1. The molecule has 0 unspecified atom stereocenters. The van der Waals surface area contributed by atoms with Gasteiger partial charge >= 0.3 is 57.5 Å². The van der Waals surface area contributed by atoms with Crippen LogP contribution in [0, 0.1) is 10.1 Å². The molecule has 0 fully saturated rings. The Kier molecular flexibility index (Phi) is 8.59. The predicted octanol–water partition coefficient (Wildman–Crippen LogP) is -3.35. The fraction of sp³-hybridized carbons (Fsp3) is 0.500. The van der Waals surface area contributed by atoms with Gasteiger partial charge in [-0.05, 0) is 5.43 Å². The monoisotopic (exact) mass is 160 g/mol. The Morgan fingerprint density at radius 3 is 2.44 bits per heavy atom. The second-order valence-electron chi connectivity index (χ2n) is 0.860. The number of methoxy groups -OCH3 is 1. The second kappa shape index (κ2) is 6.43. The Morgan fingerprint density at radius 1 is 1.89 bits per heavy atom. The van der Waals surface area contributed by atoms with Crippen molar-refractivity contribution in [2.45, 2.75) is 0 Å². The van der Waals surface area contributed by atoms with Crippen molar-refractivity contribution in [2.75, 3.05) is 7.11 Å². The zero-order valence-electron chi connectivity index (χ0n) is 6.08. The molecule has 0 aromatic heterocycles. The summed E-state index contributed by atoms with van der Waals surface area (Å²) >= 11 is 0. The van der Waals surface area contributed by atoms with Crippen LogP contribution in [0.15, 0.2) is 0 Å². The van der Waals surface area contributed by atoms with Gasteiger partial charge in [-0.2, -0.15) is 0 Å². The van der Waals surface area contributed by atoms with Gasteiger partial charge in [0.15, 0.2) is 5.03 Å². The van der Waals surface area contributed by atoms with Crippen molar-refractivity contribution in [3.8, 4) is 0 Å². The van der Waals surface area contributed by atoms with E-state index in [4.69, 9.17) is 0 Å². The van der Waals surface area contributed by atoms with Crippen LogP contribution in [0.5, 0.6) is 0 Å². The van der Waals surface area contributed by atoms with Crippen LogP contribution in [0.3, 0.4) is 0 Å². The van der Waals surface area contributed by atoms with E-state index >= 15 is 0 Å². The minimum absolute atomic E-state index is 0. The maximum absolute atomic E-state index is 9.85. The molecule has 0 spiro atoms. The molecule has 0 saturated heterocycles. The van der Waals surface area contributed by atoms with E-state index in [-0.39, 0.29) is 52.8 Å². The number of nitrogens with one attached hydrogen (secondary N) is 1. The summed E-state index contributed by atoms with van der Waals surface area (Å²) in [7, 11) is 1.04. The number of amides is 1. The summed E-state index contributed by atoms with van der Waals surface area (Å²) in [6, 6.07) is 0. The Balaban J connectivity index is -0.000000245. The van der Waals surface area contributed by atoms with E-state index in [0.717, 1.165) is 7.11 Å². The number of carbonyl (C=O) groups is 1. The van der Waals surface area contributed by atoms with Crippen LogP contribution >= 0.6 is 0 Å². The number of hydrogen-bond donors (Lipinski definition) is 1. The molecule has 0 rings (SSSR count). The molecule has 1 N–H and O–H groups in total. The summed E-state index contributed by atoms with van der Waals surface area (Å²) in [5.74, 6) is 0. The third kappa shape index (κ3) is 8.31. The summed E-state index contributed by atoms with van der Waals surface area (Å²) in [6.07, 6.45) is -1.07. The van der Waals surface area contributed by atoms with E-state index in [9.17, 15) is 14.9 Å². The zero-order chi connectivity index (χ0) is 6.57. The van der Waals surface area contributed by atoms with Crippen LogP contribution in [0.1, 0.15) is 1.43 Å². The van der Waals surface area contributed by atoms with Gasteiger partial charge in [0.05, 0.1) is 7.11 Å². The van der Waals surface area contributed by atoms with Gasteiger partial charge in [-0.25, -0.2) is 14.9 Å². The first-order chi connectivity index (χ1) is 3.66. The zero-order valence-corrected chi connectivity index (χ0v) is 8.20. The molecule has 0 bridgehead atoms. The van der Waals surface area contributed by atoms with Gasteiger partial charge in [0.25, 0.3) is 0 Å². The number of hydrazine groups is 1. The molecule has 0 heterocycles. The van der Waals surface area contributed by atoms with Gasteiger partial charge in [-0.1, -0.05) is 0 Å². The van der Waals surface area contributed by atoms with Crippen LogP contribution < -0.4 is 56.8 Å². The van der Waals surface area contributed by atoms with Gasteiger partial charge in [-0.3, -0.25) is 0 Å². The van der Waals surface area contributed by atoms with Crippen molar-refractivity contribution >= 4 is 6.09 Å². The van der Waals surface area contributed by atoms with Crippen molar-refractivity contribution in [1.82, 2.24) is 5.43 Å². The molecule has 0 saturated carbocycles. The molecular weight excluding hydrogens is 155 g/mol. The molecule has 0 aliphatic heterocycles. The maximum Gasteiger partial charge on any atom is 1.00 e. The molecule has 7 heteroatoms. The summed E-state index contributed by atoms with van der Waals surface area (Å²) in [6.45, 7) is 0. The number of rotatable bonds is 1. The normalized spacial score (nSPS) is 6.78. The van der Waals surface area contributed by atoms with Gasteiger partial charge in [0.2, 0.25) is 0 Å². The number of hydrogen-bond acceptors (Lipinski definition) is 4. The van der Waals surface area contributed by atoms with Crippen molar-refractivity contribution in [2.24, 2.45) is 0 Å². The summed E-state index contributed by atoms with van der Waals surface area (Å²) in [4.78, 5) is 19.2. The molecule has 0 radical (unpaired) electrons. The van der Waals surface area contributed by atoms with Gasteiger partial charge < -0.3 is 6.16 Å². The van der Waals surface area contributed by atoms with Gasteiger partial charge in [0.1, 0.15) is 0 Å². The first kappa shape index (κ1) is 12.0. The van der Waals surface area contributed by atoms with E-state index in [2.05, 4.69) is 4.74 Å². The maximum atomic E-state index is 9.85. The van der Waals surface area contributed by atoms with E-state index in [0.29, 0.717) is 0 Å². The van der Waals surface area contributed by atoms with E-state index in [1.54, 1.807) is 0 Å². The van der Waals surface area contributed by atoms with Crippen LogP contribution in [0.25, 0.3) is 0 Å². The first-order valence-corrected chi connectivity index (χ1v) is 1.66. The van der Waals surface area contributed by atoms with E-state index in [1.807, 2.05) is 0 Å². The molecule has 0 aromatic rings. The number of nitrogens with zero attached hydrogens (tertiary/aromatic N) is 1. The van der Waals surface area contributed by atoms with Crippen LogP contribution in [0.2, 0.25) is 0 Å². The third-order valence-electron chi connectivity index (χ3n) is 0.368. The largest absolute Gasteiger partial charge is 1.00 e. The first-order valence-electron chi connectivity index (χ1n) is 1.66. The molecule has 1 amide bonds. The SMILES string of the molecule is COC(=O)N[N+](=O)[O-].[H-].[K+]. The van der Waals surface area contributed by atoms with E-state index in [1.165, 1.54) is 5.43 Å². The number of carbonyl (C=O) groups excluding carboxylic acids is 1. The molecule has 48 valence electrons. The van der Waals surface area contributed by atoms with Crippen LogP contribution in [0.4, 0.5) is 4.79 Å². The van der Waals surface area contributed by atoms with Gasteiger partial charge in [-0.15, -0.1) is 0 Å². The minimum Gasteiger partial charge on any atom is -1.00 e. The molecule has 0 aromatic carbocycles.